The second-order valence-corrected chi connectivity index (χ2v) is 7.46. The quantitative estimate of drug-likeness (QED) is 0.409. The largest absolute Gasteiger partial charge is 0.396 e. The van der Waals surface area contributed by atoms with Gasteiger partial charge in [0.1, 0.15) is 5.82 Å². The molecule has 0 saturated heterocycles. The minimum absolute atomic E-state index is 0.116. The maximum absolute atomic E-state index is 9.01. The van der Waals surface area contributed by atoms with Crippen LogP contribution in [0.5, 0.6) is 0 Å². The molecule has 1 aromatic carbocycles. The van der Waals surface area contributed by atoms with Gasteiger partial charge in [-0.25, -0.2) is 9.97 Å². The molecule has 3 aromatic heterocycles. The van der Waals surface area contributed by atoms with Gasteiger partial charge in [0.15, 0.2) is 0 Å². The molecule has 7 nitrogen and oxygen atoms in total. The van der Waals surface area contributed by atoms with Crippen molar-refractivity contribution in [1.29, 1.82) is 0 Å². The zero-order chi connectivity index (χ0) is 19.3. The van der Waals surface area contributed by atoms with Crippen LogP contribution in [-0.4, -0.2) is 38.2 Å². The van der Waals surface area contributed by atoms with Crippen molar-refractivity contribution in [2.45, 2.75) is 13.3 Å². The summed E-state index contributed by atoms with van der Waals surface area (Å²) >= 11 is 1.68. The van der Waals surface area contributed by atoms with Gasteiger partial charge in [-0.1, -0.05) is 6.07 Å². The Labute approximate surface area is 166 Å². The third-order valence-corrected chi connectivity index (χ3v) is 4.99. The van der Waals surface area contributed by atoms with Crippen LogP contribution < -0.4 is 10.6 Å². The molecule has 4 rings (SSSR count). The molecule has 0 aliphatic carbocycles. The molecule has 0 atom stereocenters. The van der Waals surface area contributed by atoms with Crippen LogP contribution >= 0.6 is 11.3 Å². The van der Waals surface area contributed by atoms with E-state index in [2.05, 4.69) is 36.6 Å². The van der Waals surface area contributed by atoms with E-state index in [0.29, 0.717) is 24.7 Å². The predicted molar refractivity (Wildman–Crippen MR) is 113 cm³/mol. The van der Waals surface area contributed by atoms with E-state index in [1.54, 1.807) is 17.5 Å². The number of aliphatic hydroxyl groups excluding tert-OH is 1. The van der Waals surface area contributed by atoms with Gasteiger partial charge in [0.2, 0.25) is 5.95 Å². The van der Waals surface area contributed by atoms with Crippen LogP contribution in [0.4, 0.5) is 17.5 Å². The van der Waals surface area contributed by atoms with E-state index in [1.165, 1.54) is 0 Å². The zero-order valence-electron chi connectivity index (χ0n) is 15.4. The second-order valence-electron chi connectivity index (χ2n) is 6.22. The van der Waals surface area contributed by atoms with Gasteiger partial charge in [0, 0.05) is 31.1 Å². The number of thiazole rings is 1. The van der Waals surface area contributed by atoms with Crippen LogP contribution in [0.2, 0.25) is 0 Å². The van der Waals surface area contributed by atoms with E-state index >= 15 is 0 Å². The lowest BCUT2D eigenvalue weighted by Gasteiger charge is -2.11. The average Bonchev–Trinajstić information content (AvgIpc) is 3.08. The molecule has 28 heavy (non-hydrogen) atoms. The van der Waals surface area contributed by atoms with Crippen LogP contribution in [0, 0.1) is 6.92 Å². The summed E-state index contributed by atoms with van der Waals surface area (Å²) in [5, 5.41) is 16.5. The maximum atomic E-state index is 9.01. The molecule has 0 aliphatic heterocycles. The van der Waals surface area contributed by atoms with Gasteiger partial charge in [-0.05, 0) is 43.7 Å². The van der Waals surface area contributed by atoms with Crippen molar-refractivity contribution in [3.8, 4) is 11.4 Å². The number of rotatable bonds is 7. The molecule has 0 unspecified atom stereocenters. The summed E-state index contributed by atoms with van der Waals surface area (Å²) in [6.45, 7) is 2.71. The Balaban J connectivity index is 1.66. The van der Waals surface area contributed by atoms with Gasteiger partial charge in [-0.15, -0.1) is 11.3 Å². The average molecular weight is 392 g/mol. The zero-order valence-corrected chi connectivity index (χ0v) is 16.2. The second kappa shape index (κ2) is 8.28. The first kappa shape index (κ1) is 18.3. The number of aliphatic hydroxyl groups is 1. The predicted octanol–water partition coefficient (Wildman–Crippen LogP) is 3.99. The van der Waals surface area contributed by atoms with E-state index < -0.39 is 0 Å². The van der Waals surface area contributed by atoms with E-state index in [1.807, 2.05) is 43.3 Å². The molecule has 0 amide bonds. The molecule has 3 heterocycles. The number of nitrogens with one attached hydrogen (secondary N) is 2. The fourth-order valence-electron chi connectivity index (χ4n) is 2.78. The molecule has 0 radical (unpaired) electrons. The molecule has 0 spiro atoms. The summed E-state index contributed by atoms with van der Waals surface area (Å²) in [5.41, 5.74) is 3.36. The van der Waals surface area contributed by atoms with Crippen molar-refractivity contribution in [2.75, 3.05) is 23.8 Å². The molecule has 8 heteroatoms. The third kappa shape index (κ3) is 4.24. The summed E-state index contributed by atoms with van der Waals surface area (Å²) in [7, 11) is 0. The van der Waals surface area contributed by atoms with Crippen LogP contribution in [0.3, 0.4) is 0 Å². The summed E-state index contributed by atoms with van der Waals surface area (Å²) in [6, 6.07) is 13.7. The van der Waals surface area contributed by atoms with Crippen molar-refractivity contribution in [1.82, 2.24) is 19.9 Å². The highest BCUT2D eigenvalue weighted by atomic mass is 32.1. The first-order chi connectivity index (χ1) is 13.7. The highest BCUT2D eigenvalue weighted by molar-refractivity contribution is 7.18. The fourth-order valence-corrected chi connectivity index (χ4v) is 3.59. The molecule has 0 saturated carbocycles. The lowest BCUT2D eigenvalue weighted by molar-refractivity contribution is 0.292. The molecular weight excluding hydrogens is 372 g/mol. The maximum Gasteiger partial charge on any atom is 0.225 e. The van der Waals surface area contributed by atoms with Crippen molar-refractivity contribution in [2.24, 2.45) is 0 Å². The summed E-state index contributed by atoms with van der Waals surface area (Å²) < 4.78 is 1.16. The Bertz CT molecular complexity index is 1080. The number of anilines is 3. The highest BCUT2D eigenvalue weighted by Crippen LogP contribution is 2.27. The van der Waals surface area contributed by atoms with Crippen molar-refractivity contribution in [3.63, 3.8) is 0 Å². The lowest BCUT2D eigenvalue weighted by atomic mass is 10.2. The van der Waals surface area contributed by atoms with E-state index in [9.17, 15) is 0 Å². The number of fused-ring (bicyclic) bond motifs is 1. The lowest BCUT2D eigenvalue weighted by Crippen LogP contribution is -2.09. The van der Waals surface area contributed by atoms with E-state index in [4.69, 9.17) is 5.11 Å². The number of benzene rings is 1. The topological polar surface area (TPSA) is 95.9 Å². The minimum atomic E-state index is 0.116. The minimum Gasteiger partial charge on any atom is -0.396 e. The summed E-state index contributed by atoms with van der Waals surface area (Å²) in [6.07, 6.45) is 2.36. The van der Waals surface area contributed by atoms with Gasteiger partial charge in [0.05, 0.1) is 26.6 Å². The van der Waals surface area contributed by atoms with Crippen LogP contribution in [0.1, 0.15) is 11.4 Å². The van der Waals surface area contributed by atoms with Crippen LogP contribution in [0.15, 0.2) is 48.7 Å². The molecule has 0 aliphatic rings. The number of pyridine rings is 1. The summed E-state index contributed by atoms with van der Waals surface area (Å²) in [5.74, 6) is 1.15. The fraction of sp³-hybridized carbons (Fsp3) is 0.200. The van der Waals surface area contributed by atoms with E-state index in [0.717, 1.165) is 32.3 Å². The normalized spacial score (nSPS) is 10.9. The van der Waals surface area contributed by atoms with Crippen molar-refractivity contribution < 1.29 is 5.11 Å². The van der Waals surface area contributed by atoms with Gasteiger partial charge in [0.25, 0.3) is 0 Å². The molecular formula is C20H20N6OS. The van der Waals surface area contributed by atoms with Gasteiger partial charge < -0.3 is 15.7 Å². The Morgan fingerprint density at radius 2 is 1.96 bits per heavy atom. The monoisotopic (exact) mass is 392 g/mol. The Hall–Kier alpha value is -3.10. The molecule has 4 aromatic rings. The standard InChI is InChI=1S/C20H20N6OS/c1-13-23-17-11-14(6-7-18(17)28-13)24-19-12-16(15-5-2-3-8-21-15)25-20(26-19)22-9-4-10-27/h2-3,5-8,11-12,27H,4,9-10H2,1H3,(H2,22,24,25,26). The Morgan fingerprint density at radius 3 is 2.79 bits per heavy atom. The van der Waals surface area contributed by atoms with Crippen molar-refractivity contribution >= 4 is 39.0 Å². The number of aromatic nitrogens is 4. The molecule has 3 N–H and O–H groups in total. The Morgan fingerprint density at radius 1 is 1.04 bits per heavy atom. The molecule has 0 bridgehead atoms. The molecule has 142 valence electrons. The SMILES string of the molecule is Cc1nc2cc(Nc3cc(-c4ccccn4)nc(NCCCO)n3)ccc2s1. The van der Waals surface area contributed by atoms with Crippen LogP contribution in [-0.2, 0) is 0 Å². The van der Waals surface area contributed by atoms with E-state index in [-0.39, 0.29) is 6.61 Å². The van der Waals surface area contributed by atoms with Crippen LogP contribution in [0.25, 0.3) is 21.6 Å². The third-order valence-electron chi connectivity index (χ3n) is 4.04. The number of hydrogen-bond donors (Lipinski definition) is 3. The molecule has 0 fully saturated rings. The first-order valence-corrected chi connectivity index (χ1v) is 9.82. The van der Waals surface area contributed by atoms with Gasteiger partial charge in [-0.3, -0.25) is 4.98 Å². The first-order valence-electron chi connectivity index (χ1n) is 9.01. The number of aryl methyl sites for hydroxylation is 1. The van der Waals surface area contributed by atoms with Gasteiger partial charge >= 0.3 is 0 Å². The highest BCUT2D eigenvalue weighted by Gasteiger charge is 2.09. The van der Waals surface area contributed by atoms with Crippen molar-refractivity contribution in [3.05, 3.63) is 53.7 Å². The number of hydrogen-bond acceptors (Lipinski definition) is 8. The number of nitrogens with zero attached hydrogens (tertiary/aromatic N) is 4. The Kier molecular flexibility index (Phi) is 5.41. The summed E-state index contributed by atoms with van der Waals surface area (Å²) in [4.78, 5) is 18.0. The van der Waals surface area contributed by atoms with Gasteiger partial charge in [-0.2, -0.15) is 4.98 Å². The smallest absolute Gasteiger partial charge is 0.225 e.